The summed E-state index contributed by atoms with van der Waals surface area (Å²) in [7, 11) is 0. The average Bonchev–Trinajstić information content (AvgIpc) is 2.98. The molecule has 2 aromatic rings. The Bertz CT molecular complexity index is 789. The van der Waals surface area contributed by atoms with Crippen LogP contribution in [-0.4, -0.2) is 21.1 Å². The van der Waals surface area contributed by atoms with Crippen molar-refractivity contribution in [2.75, 3.05) is 5.32 Å². The number of anilines is 1. The van der Waals surface area contributed by atoms with Crippen molar-refractivity contribution < 1.29 is 9.18 Å². The molecule has 0 unspecified atom stereocenters. The van der Waals surface area contributed by atoms with Gasteiger partial charge in [-0.15, -0.1) is 0 Å². The highest BCUT2D eigenvalue weighted by Gasteiger charge is 2.20. The first-order valence-corrected chi connectivity index (χ1v) is 8.26. The van der Waals surface area contributed by atoms with Crippen molar-refractivity contribution >= 4 is 23.4 Å². The van der Waals surface area contributed by atoms with Crippen molar-refractivity contribution in [3.8, 4) is 0 Å². The minimum Gasteiger partial charge on any atom is -0.325 e. The number of aryl methyl sites for hydroxylation is 1. The van der Waals surface area contributed by atoms with Gasteiger partial charge in [0.1, 0.15) is 5.82 Å². The Labute approximate surface area is 136 Å². The molecule has 0 aliphatic heterocycles. The molecule has 23 heavy (non-hydrogen) atoms. The number of nitrogens with zero attached hydrogens (tertiary/aromatic N) is 1. The van der Waals surface area contributed by atoms with Gasteiger partial charge in [-0.05, 0) is 50.5 Å². The minimum absolute atomic E-state index is 0.110. The maximum atomic E-state index is 12.9. The van der Waals surface area contributed by atoms with Gasteiger partial charge in [0.2, 0.25) is 5.91 Å². The zero-order valence-corrected chi connectivity index (χ0v) is 13.4. The highest BCUT2D eigenvalue weighted by atomic mass is 32.2. The summed E-state index contributed by atoms with van der Waals surface area (Å²) in [6, 6.07) is 5.57. The fraction of sp³-hybridized carbons (Fsp3) is 0.312. The number of thioether (sulfide) groups is 1. The van der Waals surface area contributed by atoms with Crippen LogP contribution in [-0.2, 0) is 17.6 Å². The SMILES string of the molecule is C[C@H](Sc1nc2c(c(=O)[nH]1)CCC2)C(=O)Nc1ccc(F)cc1. The predicted octanol–water partition coefficient (Wildman–Crippen LogP) is 2.52. The topological polar surface area (TPSA) is 74.8 Å². The van der Waals surface area contributed by atoms with Crippen LogP contribution in [0, 0.1) is 5.82 Å². The predicted molar refractivity (Wildman–Crippen MR) is 87.2 cm³/mol. The van der Waals surface area contributed by atoms with E-state index in [4.69, 9.17) is 0 Å². The number of aromatic nitrogens is 2. The minimum atomic E-state index is -0.442. The molecule has 0 spiro atoms. The number of carbonyl (C=O) groups is 1. The van der Waals surface area contributed by atoms with Gasteiger partial charge in [-0.1, -0.05) is 11.8 Å². The van der Waals surface area contributed by atoms with E-state index in [2.05, 4.69) is 15.3 Å². The molecule has 1 aromatic carbocycles. The Morgan fingerprint density at radius 2 is 2.09 bits per heavy atom. The van der Waals surface area contributed by atoms with Crippen molar-refractivity contribution in [1.29, 1.82) is 0 Å². The monoisotopic (exact) mass is 333 g/mol. The number of carbonyl (C=O) groups excluding carboxylic acids is 1. The molecule has 0 saturated heterocycles. The number of benzene rings is 1. The summed E-state index contributed by atoms with van der Waals surface area (Å²) in [6.07, 6.45) is 2.52. The first-order valence-electron chi connectivity index (χ1n) is 7.38. The molecular weight excluding hydrogens is 317 g/mol. The van der Waals surface area contributed by atoms with Crippen molar-refractivity contribution in [2.45, 2.75) is 36.6 Å². The van der Waals surface area contributed by atoms with Gasteiger partial charge in [0.25, 0.3) is 5.56 Å². The second-order valence-electron chi connectivity index (χ2n) is 5.41. The smallest absolute Gasteiger partial charge is 0.254 e. The lowest BCUT2D eigenvalue weighted by atomic mass is 10.3. The lowest BCUT2D eigenvalue weighted by Crippen LogP contribution is -2.23. The molecule has 1 heterocycles. The van der Waals surface area contributed by atoms with Crippen LogP contribution < -0.4 is 10.9 Å². The van der Waals surface area contributed by atoms with E-state index in [1.54, 1.807) is 6.92 Å². The molecule has 3 rings (SSSR count). The average molecular weight is 333 g/mol. The van der Waals surface area contributed by atoms with Crippen LogP contribution in [0.25, 0.3) is 0 Å². The molecule has 2 N–H and O–H groups in total. The number of nitrogens with one attached hydrogen (secondary N) is 2. The summed E-state index contributed by atoms with van der Waals surface area (Å²) in [5, 5.41) is 2.72. The zero-order valence-electron chi connectivity index (χ0n) is 12.6. The van der Waals surface area contributed by atoms with Crippen molar-refractivity contribution in [1.82, 2.24) is 9.97 Å². The number of halogens is 1. The summed E-state index contributed by atoms with van der Waals surface area (Å²) >= 11 is 1.20. The van der Waals surface area contributed by atoms with E-state index in [-0.39, 0.29) is 17.3 Å². The Balaban J connectivity index is 1.68. The number of aromatic amines is 1. The number of H-pyrrole nitrogens is 1. The van der Waals surface area contributed by atoms with Crippen LogP contribution in [0.5, 0.6) is 0 Å². The molecule has 1 atom stereocenters. The van der Waals surface area contributed by atoms with E-state index in [1.165, 1.54) is 36.0 Å². The molecular formula is C16H16FN3O2S. The second-order valence-corrected chi connectivity index (χ2v) is 6.74. The van der Waals surface area contributed by atoms with Crippen LogP contribution in [0.1, 0.15) is 24.6 Å². The van der Waals surface area contributed by atoms with Crippen molar-refractivity contribution in [2.24, 2.45) is 0 Å². The van der Waals surface area contributed by atoms with Crippen LogP contribution >= 0.6 is 11.8 Å². The molecule has 0 radical (unpaired) electrons. The third-order valence-corrected chi connectivity index (χ3v) is 4.67. The van der Waals surface area contributed by atoms with Crippen molar-refractivity contribution in [3.63, 3.8) is 0 Å². The fourth-order valence-corrected chi connectivity index (χ4v) is 3.29. The van der Waals surface area contributed by atoms with Crippen LogP contribution in [0.15, 0.2) is 34.2 Å². The number of rotatable bonds is 4. The quantitative estimate of drug-likeness (QED) is 0.666. The molecule has 1 aliphatic carbocycles. The third kappa shape index (κ3) is 3.61. The Morgan fingerprint density at radius 3 is 2.83 bits per heavy atom. The molecule has 0 fully saturated rings. The molecule has 1 amide bonds. The fourth-order valence-electron chi connectivity index (χ4n) is 2.47. The largest absolute Gasteiger partial charge is 0.325 e. The normalized spacial score (nSPS) is 14.3. The molecule has 0 saturated carbocycles. The third-order valence-electron chi connectivity index (χ3n) is 3.69. The van der Waals surface area contributed by atoms with E-state index < -0.39 is 5.25 Å². The van der Waals surface area contributed by atoms with Gasteiger partial charge in [0, 0.05) is 11.3 Å². The summed E-state index contributed by atoms with van der Waals surface area (Å²) in [4.78, 5) is 31.3. The Hall–Kier alpha value is -2.15. The number of fused-ring (bicyclic) bond motifs is 1. The Kier molecular flexibility index (Phi) is 4.47. The lowest BCUT2D eigenvalue weighted by molar-refractivity contribution is -0.115. The molecule has 1 aliphatic rings. The number of hydrogen-bond acceptors (Lipinski definition) is 4. The van der Waals surface area contributed by atoms with Crippen LogP contribution in [0.3, 0.4) is 0 Å². The first kappa shape index (κ1) is 15.7. The molecule has 1 aromatic heterocycles. The first-order chi connectivity index (χ1) is 11.0. The highest BCUT2D eigenvalue weighted by molar-refractivity contribution is 8.00. The van der Waals surface area contributed by atoms with Gasteiger partial charge in [-0.3, -0.25) is 9.59 Å². The van der Waals surface area contributed by atoms with Crippen LogP contribution in [0.4, 0.5) is 10.1 Å². The highest BCUT2D eigenvalue weighted by Crippen LogP contribution is 2.23. The molecule has 120 valence electrons. The van der Waals surface area contributed by atoms with E-state index in [0.29, 0.717) is 10.8 Å². The van der Waals surface area contributed by atoms with Gasteiger partial charge in [0.15, 0.2) is 5.16 Å². The summed E-state index contributed by atoms with van der Waals surface area (Å²) in [5.74, 6) is -0.588. The lowest BCUT2D eigenvalue weighted by Gasteiger charge is -2.12. The number of hydrogen-bond donors (Lipinski definition) is 2. The zero-order chi connectivity index (χ0) is 16.4. The van der Waals surface area contributed by atoms with Gasteiger partial charge in [-0.2, -0.15) is 0 Å². The summed E-state index contributed by atoms with van der Waals surface area (Å²) in [5.41, 5.74) is 2.01. The van der Waals surface area contributed by atoms with Gasteiger partial charge < -0.3 is 10.3 Å². The van der Waals surface area contributed by atoms with E-state index in [0.717, 1.165) is 30.5 Å². The van der Waals surface area contributed by atoms with Gasteiger partial charge in [0.05, 0.1) is 10.9 Å². The van der Waals surface area contributed by atoms with E-state index >= 15 is 0 Å². The number of amides is 1. The Morgan fingerprint density at radius 1 is 1.35 bits per heavy atom. The summed E-state index contributed by atoms with van der Waals surface area (Å²) in [6.45, 7) is 1.73. The van der Waals surface area contributed by atoms with E-state index in [1.807, 2.05) is 0 Å². The maximum Gasteiger partial charge on any atom is 0.254 e. The second kappa shape index (κ2) is 6.54. The van der Waals surface area contributed by atoms with Crippen molar-refractivity contribution in [3.05, 3.63) is 51.7 Å². The molecule has 5 nitrogen and oxygen atoms in total. The van der Waals surface area contributed by atoms with Crippen LogP contribution in [0.2, 0.25) is 0 Å². The standard InChI is InChI=1S/C16H16FN3O2S/c1-9(14(21)18-11-7-5-10(17)6-8-11)23-16-19-13-4-2-3-12(13)15(22)20-16/h5-9H,2-4H2,1H3,(H,18,21)(H,19,20,22)/t9-/m0/s1. The van der Waals surface area contributed by atoms with E-state index in [9.17, 15) is 14.0 Å². The molecule has 0 bridgehead atoms. The van der Waals surface area contributed by atoms with Gasteiger partial charge >= 0.3 is 0 Å². The van der Waals surface area contributed by atoms with Gasteiger partial charge in [-0.25, -0.2) is 9.37 Å². The molecule has 7 heteroatoms. The summed E-state index contributed by atoms with van der Waals surface area (Å²) < 4.78 is 12.9. The maximum absolute atomic E-state index is 12.9.